The predicted molar refractivity (Wildman–Crippen MR) is 78.4 cm³/mol. The van der Waals surface area contributed by atoms with E-state index in [2.05, 4.69) is 10.6 Å². The number of anilines is 1. The van der Waals surface area contributed by atoms with Crippen molar-refractivity contribution in [2.45, 2.75) is 19.8 Å². The Hall–Kier alpha value is -2.04. The summed E-state index contributed by atoms with van der Waals surface area (Å²) in [5, 5.41) is 5.60. The van der Waals surface area contributed by atoms with Gasteiger partial charge in [-0.25, -0.2) is 4.79 Å². The third kappa shape index (κ3) is 4.26. The molecule has 1 fully saturated rings. The number of carbonyl (C=O) groups is 2. The number of nitrogens with one attached hydrogen (secondary N) is 2. The van der Waals surface area contributed by atoms with Crippen molar-refractivity contribution in [1.82, 2.24) is 10.2 Å². The molecule has 1 aromatic carbocycles. The lowest BCUT2D eigenvalue weighted by molar-refractivity contribution is -0.128. The second-order valence-electron chi connectivity index (χ2n) is 5.25. The van der Waals surface area contributed by atoms with Crippen LogP contribution >= 0.6 is 0 Å². The number of hydrogen-bond donors (Lipinski definition) is 2. The average Bonchev–Trinajstić information content (AvgIpc) is 2.83. The molecule has 0 aromatic heterocycles. The first kappa shape index (κ1) is 14.4. The quantitative estimate of drug-likeness (QED) is 0.864. The molecule has 20 heavy (non-hydrogen) atoms. The van der Waals surface area contributed by atoms with Crippen LogP contribution < -0.4 is 10.6 Å². The van der Waals surface area contributed by atoms with E-state index in [1.807, 2.05) is 42.2 Å². The van der Waals surface area contributed by atoms with Crippen LogP contribution in [0, 0.1) is 5.92 Å². The van der Waals surface area contributed by atoms with E-state index < -0.39 is 0 Å². The molecule has 1 aliphatic heterocycles. The minimum absolute atomic E-state index is 0.212. The normalized spacial score (nSPS) is 16.1. The van der Waals surface area contributed by atoms with Gasteiger partial charge in [0.15, 0.2) is 0 Å². The molecule has 2 N–H and O–H groups in total. The zero-order chi connectivity index (χ0) is 14.4. The summed E-state index contributed by atoms with van der Waals surface area (Å²) in [4.78, 5) is 25.1. The molecule has 1 saturated heterocycles. The molecule has 0 bridgehead atoms. The van der Waals surface area contributed by atoms with Crippen molar-refractivity contribution in [3.05, 3.63) is 30.3 Å². The molecule has 1 aromatic rings. The van der Waals surface area contributed by atoms with Crippen LogP contribution in [-0.2, 0) is 4.79 Å². The summed E-state index contributed by atoms with van der Waals surface area (Å²) in [7, 11) is 0. The van der Waals surface area contributed by atoms with E-state index in [1.54, 1.807) is 0 Å². The molecule has 0 spiro atoms. The van der Waals surface area contributed by atoms with Crippen molar-refractivity contribution in [2.24, 2.45) is 5.92 Å². The van der Waals surface area contributed by atoms with E-state index in [4.69, 9.17) is 0 Å². The average molecular weight is 275 g/mol. The Balaban J connectivity index is 1.69. The highest BCUT2D eigenvalue weighted by molar-refractivity contribution is 5.89. The zero-order valence-corrected chi connectivity index (χ0v) is 11.8. The first-order chi connectivity index (χ1) is 9.65. The van der Waals surface area contributed by atoms with Crippen LogP contribution in [0.2, 0.25) is 0 Å². The van der Waals surface area contributed by atoms with Gasteiger partial charge in [-0.1, -0.05) is 25.1 Å². The van der Waals surface area contributed by atoms with Gasteiger partial charge in [0.2, 0.25) is 5.91 Å². The van der Waals surface area contributed by atoms with Crippen molar-refractivity contribution in [3.63, 3.8) is 0 Å². The van der Waals surface area contributed by atoms with Crippen LogP contribution in [0.25, 0.3) is 0 Å². The maximum Gasteiger partial charge on any atom is 0.319 e. The number of benzene rings is 1. The molecule has 0 saturated carbocycles. The molecule has 2 rings (SSSR count). The standard InChI is InChI=1S/C15H21N3O2/c1-12(11-18-9-5-8-14(18)19)10-16-15(20)17-13-6-3-2-4-7-13/h2-4,6-7,12H,5,8-11H2,1H3,(H2,16,17,20)/t12-/m0/s1. The van der Waals surface area contributed by atoms with Crippen molar-refractivity contribution in [2.75, 3.05) is 25.0 Å². The number of carbonyl (C=O) groups excluding carboxylic acids is 2. The molecule has 5 nitrogen and oxygen atoms in total. The van der Waals surface area contributed by atoms with Gasteiger partial charge >= 0.3 is 6.03 Å². The zero-order valence-electron chi connectivity index (χ0n) is 11.8. The first-order valence-electron chi connectivity index (χ1n) is 7.03. The summed E-state index contributed by atoms with van der Waals surface area (Å²) in [5.41, 5.74) is 0.771. The predicted octanol–water partition coefficient (Wildman–Crippen LogP) is 2.07. The lowest BCUT2D eigenvalue weighted by Gasteiger charge is -2.21. The summed E-state index contributed by atoms with van der Waals surface area (Å²) in [6.45, 7) is 4.15. The molecule has 1 heterocycles. The molecular formula is C15H21N3O2. The number of urea groups is 1. The summed E-state index contributed by atoms with van der Waals surface area (Å²) in [6, 6.07) is 9.11. The monoisotopic (exact) mass is 275 g/mol. The Morgan fingerprint density at radius 3 is 2.75 bits per heavy atom. The molecule has 108 valence electrons. The fourth-order valence-corrected chi connectivity index (χ4v) is 2.30. The minimum Gasteiger partial charge on any atom is -0.342 e. The molecule has 0 radical (unpaired) electrons. The summed E-state index contributed by atoms with van der Waals surface area (Å²) in [6.07, 6.45) is 1.61. The fourth-order valence-electron chi connectivity index (χ4n) is 2.30. The van der Waals surface area contributed by atoms with E-state index in [9.17, 15) is 9.59 Å². The van der Waals surface area contributed by atoms with Gasteiger partial charge in [0.25, 0.3) is 0 Å². The minimum atomic E-state index is -0.212. The van der Waals surface area contributed by atoms with E-state index in [0.29, 0.717) is 19.5 Å². The van der Waals surface area contributed by atoms with Crippen LogP contribution in [0.1, 0.15) is 19.8 Å². The van der Waals surface area contributed by atoms with Gasteiger partial charge in [-0.05, 0) is 24.5 Å². The third-order valence-electron chi connectivity index (χ3n) is 3.35. The molecule has 0 unspecified atom stereocenters. The summed E-state index contributed by atoms with van der Waals surface area (Å²) in [5.74, 6) is 0.476. The number of likely N-dealkylation sites (tertiary alicyclic amines) is 1. The van der Waals surface area contributed by atoms with E-state index in [0.717, 1.165) is 18.7 Å². The van der Waals surface area contributed by atoms with Gasteiger partial charge in [0, 0.05) is 31.7 Å². The lowest BCUT2D eigenvalue weighted by Crippen LogP contribution is -2.37. The highest BCUT2D eigenvalue weighted by Gasteiger charge is 2.21. The van der Waals surface area contributed by atoms with E-state index >= 15 is 0 Å². The van der Waals surface area contributed by atoms with Crippen LogP contribution in [0.5, 0.6) is 0 Å². The van der Waals surface area contributed by atoms with Crippen molar-refractivity contribution in [3.8, 4) is 0 Å². The molecule has 0 aliphatic carbocycles. The van der Waals surface area contributed by atoms with Gasteiger partial charge in [-0.15, -0.1) is 0 Å². The number of hydrogen-bond acceptors (Lipinski definition) is 2. The largest absolute Gasteiger partial charge is 0.342 e. The Kier molecular flexibility index (Phi) is 4.98. The first-order valence-corrected chi connectivity index (χ1v) is 7.03. The topological polar surface area (TPSA) is 61.4 Å². The Labute approximate surface area is 119 Å². The van der Waals surface area contributed by atoms with E-state index in [-0.39, 0.29) is 17.9 Å². The number of nitrogens with zero attached hydrogens (tertiary/aromatic N) is 1. The molecule has 1 aliphatic rings. The van der Waals surface area contributed by atoms with Crippen LogP contribution in [0.3, 0.4) is 0 Å². The Morgan fingerprint density at radius 1 is 1.35 bits per heavy atom. The van der Waals surface area contributed by atoms with Crippen LogP contribution in [-0.4, -0.2) is 36.5 Å². The smallest absolute Gasteiger partial charge is 0.319 e. The number of amides is 3. The molecule has 3 amide bonds. The third-order valence-corrected chi connectivity index (χ3v) is 3.35. The van der Waals surface area contributed by atoms with E-state index in [1.165, 1.54) is 0 Å². The fraction of sp³-hybridized carbons (Fsp3) is 0.467. The van der Waals surface area contributed by atoms with Crippen molar-refractivity contribution >= 4 is 17.6 Å². The molecule has 1 atom stereocenters. The Morgan fingerprint density at radius 2 is 2.10 bits per heavy atom. The van der Waals surface area contributed by atoms with Gasteiger partial charge in [0.1, 0.15) is 0 Å². The van der Waals surface area contributed by atoms with Gasteiger partial charge in [0.05, 0.1) is 0 Å². The number of rotatable bonds is 5. The maximum atomic E-state index is 11.7. The summed E-state index contributed by atoms with van der Waals surface area (Å²) < 4.78 is 0. The second-order valence-corrected chi connectivity index (χ2v) is 5.25. The van der Waals surface area contributed by atoms with Gasteiger partial charge in [-0.2, -0.15) is 0 Å². The van der Waals surface area contributed by atoms with Crippen LogP contribution in [0.15, 0.2) is 30.3 Å². The number of para-hydroxylation sites is 1. The highest BCUT2D eigenvalue weighted by Crippen LogP contribution is 2.11. The van der Waals surface area contributed by atoms with Crippen LogP contribution in [0.4, 0.5) is 10.5 Å². The van der Waals surface area contributed by atoms with Gasteiger partial charge in [-0.3, -0.25) is 4.79 Å². The highest BCUT2D eigenvalue weighted by atomic mass is 16.2. The SMILES string of the molecule is C[C@@H](CNC(=O)Nc1ccccc1)CN1CCCC1=O. The summed E-state index contributed by atoms with van der Waals surface area (Å²) >= 11 is 0. The molecular weight excluding hydrogens is 254 g/mol. The molecule has 5 heteroatoms. The van der Waals surface area contributed by atoms with Crippen molar-refractivity contribution < 1.29 is 9.59 Å². The maximum absolute atomic E-state index is 11.7. The Bertz CT molecular complexity index is 461. The van der Waals surface area contributed by atoms with Gasteiger partial charge < -0.3 is 15.5 Å². The lowest BCUT2D eigenvalue weighted by atomic mass is 10.1. The van der Waals surface area contributed by atoms with Crippen molar-refractivity contribution in [1.29, 1.82) is 0 Å². The second kappa shape index (κ2) is 6.93.